The monoisotopic (exact) mass is 304 g/mol. The molecule has 0 aromatic heterocycles. The van der Waals surface area contributed by atoms with Gasteiger partial charge in [0.1, 0.15) is 0 Å². The maximum absolute atomic E-state index is 12.2. The molecule has 0 amide bonds. The summed E-state index contributed by atoms with van der Waals surface area (Å²) in [6.45, 7) is 1.78. The molecule has 0 N–H and O–H groups in total. The summed E-state index contributed by atoms with van der Waals surface area (Å²) >= 11 is 1.54. The van der Waals surface area contributed by atoms with Crippen molar-refractivity contribution in [1.82, 2.24) is 0 Å². The van der Waals surface area contributed by atoms with Crippen LogP contribution in [0.2, 0.25) is 0 Å². The fourth-order valence-corrected chi connectivity index (χ4v) is 1.72. The fourth-order valence-electron chi connectivity index (χ4n) is 0.768. The molecule has 0 radical (unpaired) electrons. The van der Waals surface area contributed by atoms with Gasteiger partial charge in [-0.25, -0.2) is 0 Å². The van der Waals surface area contributed by atoms with Gasteiger partial charge in [-0.1, -0.05) is 0 Å². The van der Waals surface area contributed by atoms with Crippen molar-refractivity contribution in [2.45, 2.75) is 12.4 Å². The normalized spacial score (nSPS) is 15.7. The van der Waals surface area contributed by atoms with Crippen molar-refractivity contribution in [2.75, 3.05) is 0 Å². The maximum atomic E-state index is 12.2. The van der Waals surface area contributed by atoms with E-state index in [1.165, 1.54) is 26.5 Å². The molecule has 0 spiro atoms. The first kappa shape index (κ1) is 12.5. The van der Waals surface area contributed by atoms with Gasteiger partial charge < -0.3 is 0 Å². The van der Waals surface area contributed by atoms with E-state index in [2.05, 4.69) is 4.18 Å². The third-order valence-corrected chi connectivity index (χ3v) is 4.11. The Bertz CT molecular complexity index is 436. The van der Waals surface area contributed by atoms with Gasteiger partial charge in [0.2, 0.25) is 0 Å². The molecule has 0 fully saturated rings. The van der Waals surface area contributed by atoms with Crippen LogP contribution in [0.15, 0.2) is 24.3 Å². The minimum absolute atomic E-state index is 0.0818. The minimum atomic E-state index is -4.90. The zero-order valence-electron chi connectivity index (χ0n) is 7.58. The van der Waals surface area contributed by atoms with Gasteiger partial charge >= 0.3 is 92.1 Å². The van der Waals surface area contributed by atoms with Crippen molar-refractivity contribution in [3.8, 4) is 5.75 Å². The van der Waals surface area contributed by atoms with Crippen LogP contribution in [0.5, 0.6) is 5.75 Å². The predicted octanol–water partition coefficient (Wildman–Crippen LogP) is 2.18. The van der Waals surface area contributed by atoms with E-state index < -0.39 is 13.6 Å². The summed E-state index contributed by atoms with van der Waals surface area (Å²) in [4.78, 5) is 0. The summed E-state index contributed by atoms with van der Waals surface area (Å²) in [6, 6.07) is 5.80. The van der Waals surface area contributed by atoms with Crippen molar-refractivity contribution in [2.24, 2.45) is 0 Å². The molecule has 0 saturated heterocycles. The molecular weight excluding hydrogens is 296 g/mol. The van der Waals surface area contributed by atoms with E-state index in [4.69, 9.17) is 0 Å². The zero-order chi connectivity index (χ0) is 11.7. The summed E-state index contributed by atoms with van der Waals surface area (Å²) in [6.07, 6.45) is 0. The first-order valence-corrected chi connectivity index (χ1v) is 7.30. The standard InChI is InChI=1S/C8H7F3O2SSe/c1-6-2-4-7(5-3-6)13-14(12,15)8(9,10)11/h2-5H,1H3. The Labute approximate surface area is 92.3 Å². The van der Waals surface area contributed by atoms with E-state index in [0.29, 0.717) is 0 Å². The average Bonchev–Trinajstić information content (AvgIpc) is 2.06. The van der Waals surface area contributed by atoms with Crippen LogP contribution in [0, 0.1) is 6.92 Å². The molecule has 0 aliphatic carbocycles. The van der Waals surface area contributed by atoms with Crippen LogP contribution in [-0.2, 0) is 8.14 Å². The van der Waals surface area contributed by atoms with Crippen LogP contribution in [0.25, 0.3) is 0 Å². The average molecular weight is 303 g/mol. The van der Waals surface area contributed by atoms with Crippen LogP contribution >= 0.6 is 0 Å². The first-order valence-electron chi connectivity index (χ1n) is 3.80. The molecule has 1 atom stereocenters. The molecule has 0 aliphatic rings. The van der Waals surface area contributed by atoms with Gasteiger partial charge in [0.25, 0.3) is 0 Å². The molecule has 0 saturated carbocycles. The van der Waals surface area contributed by atoms with E-state index >= 15 is 0 Å². The molecule has 1 rings (SSSR count). The van der Waals surface area contributed by atoms with Gasteiger partial charge in [-0.15, -0.1) is 0 Å². The second-order valence-corrected chi connectivity index (χ2v) is 7.10. The van der Waals surface area contributed by atoms with Crippen molar-refractivity contribution in [3.63, 3.8) is 0 Å². The van der Waals surface area contributed by atoms with E-state index in [0.717, 1.165) is 5.56 Å². The molecule has 0 aliphatic heterocycles. The molecule has 0 heterocycles. The number of hydrogen-bond acceptors (Lipinski definition) is 2. The predicted molar refractivity (Wildman–Crippen MR) is 51.8 cm³/mol. The molecule has 0 bridgehead atoms. The Morgan fingerprint density at radius 3 is 2.13 bits per heavy atom. The first-order chi connectivity index (χ1) is 6.72. The second-order valence-electron chi connectivity index (χ2n) is 2.80. The third kappa shape index (κ3) is 3.22. The molecule has 7 heteroatoms. The number of alkyl halides is 3. The summed E-state index contributed by atoms with van der Waals surface area (Å²) in [5.41, 5.74) is -4.03. The Morgan fingerprint density at radius 2 is 1.73 bits per heavy atom. The molecule has 2 nitrogen and oxygen atoms in total. The fraction of sp³-hybridized carbons (Fsp3) is 0.250. The van der Waals surface area contributed by atoms with Gasteiger partial charge in [-0.05, 0) is 0 Å². The van der Waals surface area contributed by atoms with E-state index in [1.807, 2.05) is 0 Å². The SMILES string of the molecule is Cc1ccc(OS(=O)(=[Se])C(F)(F)F)cc1. The summed E-state index contributed by atoms with van der Waals surface area (Å²) < 4.78 is 51.9. The zero-order valence-corrected chi connectivity index (χ0v) is 10.1. The Balaban J connectivity index is 2.93. The quantitative estimate of drug-likeness (QED) is 0.783. The van der Waals surface area contributed by atoms with Crippen molar-refractivity contribution in [1.29, 1.82) is 0 Å². The molecule has 15 heavy (non-hydrogen) atoms. The molecule has 84 valence electrons. The molecule has 1 aromatic carbocycles. The summed E-state index contributed by atoms with van der Waals surface area (Å²) in [5, 5.41) is 0. The van der Waals surface area contributed by atoms with Crippen LogP contribution in [0.1, 0.15) is 5.56 Å². The summed E-state index contributed by atoms with van der Waals surface area (Å²) in [5.74, 6) is -0.0818. The van der Waals surface area contributed by atoms with Crippen molar-refractivity contribution >= 4 is 22.5 Å². The summed E-state index contributed by atoms with van der Waals surface area (Å²) in [7, 11) is -4.44. The Kier molecular flexibility index (Phi) is 3.48. The van der Waals surface area contributed by atoms with Gasteiger partial charge in [0, 0.05) is 0 Å². The topological polar surface area (TPSA) is 26.3 Å². The number of hydrogen-bond donors (Lipinski definition) is 0. The van der Waals surface area contributed by atoms with Crippen LogP contribution in [0.3, 0.4) is 0 Å². The van der Waals surface area contributed by atoms with E-state index in [9.17, 15) is 17.4 Å². The number of rotatable bonds is 2. The third-order valence-electron chi connectivity index (χ3n) is 1.51. The van der Waals surface area contributed by atoms with Gasteiger partial charge in [0.05, 0.1) is 0 Å². The van der Waals surface area contributed by atoms with E-state index in [1.54, 1.807) is 19.1 Å². The Morgan fingerprint density at radius 1 is 1.27 bits per heavy atom. The van der Waals surface area contributed by atoms with Crippen LogP contribution in [-0.4, -0.2) is 24.1 Å². The number of aryl methyl sites for hydroxylation is 1. The van der Waals surface area contributed by atoms with Crippen LogP contribution in [0.4, 0.5) is 13.2 Å². The van der Waals surface area contributed by atoms with Crippen LogP contribution < -0.4 is 4.18 Å². The van der Waals surface area contributed by atoms with Gasteiger partial charge in [-0.3, -0.25) is 0 Å². The number of benzene rings is 1. The Hall–Kier alpha value is -0.521. The van der Waals surface area contributed by atoms with E-state index in [-0.39, 0.29) is 5.75 Å². The number of halogens is 3. The van der Waals surface area contributed by atoms with Crippen molar-refractivity contribution in [3.05, 3.63) is 29.8 Å². The molecule has 1 aromatic rings. The molecule has 1 unspecified atom stereocenters. The molecular formula is C8H7F3O2SSe. The second kappa shape index (κ2) is 4.15. The van der Waals surface area contributed by atoms with Gasteiger partial charge in [0.15, 0.2) is 0 Å². The van der Waals surface area contributed by atoms with Crippen molar-refractivity contribution < 1.29 is 21.6 Å². The van der Waals surface area contributed by atoms with Gasteiger partial charge in [-0.2, -0.15) is 0 Å².